The second-order valence-corrected chi connectivity index (χ2v) is 19.6. The summed E-state index contributed by atoms with van der Waals surface area (Å²) in [7, 11) is 0. The lowest BCUT2D eigenvalue weighted by molar-refractivity contribution is 0.0951. The summed E-state index contributed by atoms with van der Waals surface area (Å²) in [5.74, 6) is -0.157. The van der Waals surface area contributed by atoms with Crippen LogP contribution in [0.15, 0.2) is 127 Å². The highest BCUT2D eigenvalue weighted by atomic mass is 32.1. The van der Waals surface area contributed by atoms with E-state index >= 15 is 0 Å². The zero-order valence-corrected chi connectivity index (χ0v) is 38.3. The molecule has 4 aromatic carbocycles. The molecule has 0 amide bonds. The molecule has 9 rings (SSSR count). The fourth-order valence-corrected chi connectivity index (χ4v) is 12.9. The molecule has 320 valence electrons. The molecule has 0 aliphatic heterocycles. The third kappa shape index (κ3) is 8.53. The molecule has 2 heterocycles. The number of thiophene rings is 2. The average Bonchev–Trinajstić information content (AvgIpc) is 4.04. The first-order valence-corrected chi connectivity index (χ1v) is 25.0. The van der Waals surface area contributed by atoms with Gasteiger partial charge in [0.15, 0.2) is 11.6 Å². The van der Waals surface area contributed by atoms with Gasteiger partial charge >= 0.3 is 0 Å². The summed E-state index contributed by atoms with van der Waals surface area (Å²) in [6.07, 6.45) is 21.2. The third-order valence-electron chi connectivity index (χ3n) is 13.3. The molecule has 2 aromatic heterocycles. The Kier molecular flexibility index (Phi) is 13.3. The molecule has 6 heteroatoms. The molecule has 0 saturated heterocycles. The second kappa shape index (κ2) is 19.5. The number of fused-ring (bicyclic) bond motifs is 6. The predicted octanol–water partition coefficient (Wildman–Crippen LogP) is 16.3. The van der Waals surface area contributed by atoms with Crippen LogP contribution in [-0.4, -0.2) is 17.9 Å². The number of carbonyl (C=O) groups excluding carboxylic acids is 3. The van der Waals surface area contributed by atoms with Crippen molar-refractivity contribution in [2.75, 3.05) is 4.90 Å². The number of anilines is 3. The van der Waals surface area contributed by atoms with Crippen LogP contribution in [0.1, 0.15) is 149 Å². The minimum Gasteiger partial charge on any atom is -0.311 e. The summed E-state index contributed by atoms with van der Waals surface area (Å²) in [5.41, 5.74) is 11.9. The van der Waals surface area contributed by atoms with Crippen molar-refractivity contribution in [1.82, 2.24) is 0 Å². The van der Waals surface area contributed by atoms with E-state index in [0.29, 0.717) is 5.56 Å². The van der Waals surface area contributed by atoms with Crippen molar-refractivity contribution in [3.63, 3.8) is 0 Å². The lowest BCUT2D eigenvalue weighted by Crippen LogP contribution is -2.16. The van der Waals surface area contributed by atoms with Gasteiger partial charge < -0.3 is 4.90 Å². The maximum atomic E-state index is 14.9. The van der Waals surface area contributed by atoms with Crippen LogP contribution in [0, 0.1) is 5.92 Å². The van der Waals surface area contributed by atoms with Crippen LogP contribution < -0.4 is 4.90 Å². The number of allylic oxidation sites excluding steroid dienone is 4. The Morgan fingerprint density at radius 3 is 1.57 bits per heavy atom. The van der Waals surface area contributed by atoms with Crippen molar-refractivity contribution < 1.29 is 14.4 Å². The van der Waals surface area contributed by atoms with Crippen molar-refractivity contribution in [2.24, 2.45) is 5.92 Å². The van der Waals surface area contributed by atoms with E-state index in [9.17, 15) is 14.4 Å². The smallest absolute Gasteiger partial charge is 0.195 e. The molecular weight excluding hydrogens is 811 g/mol. The second-order valence-electron chi connectivity index (χ2n) is 17.5. The molecule has 0 bridgehead atoms. The van der Waals surface area contributed by atoms with Gasteiger partial charge in [0.2, 0.25) is 0 Å². The summed E-state index contributed by atoms with van der Waals surface area (Å²) in [6, 6.07) is 37.6. The Balaban J connectivity index is 1.06. The SMILES string of the molecule is CCCCCCCCc1c(-c2ccc(N(c3ccccc3)c3ccccc3)cc2)sc2c1C(=O)C1=CC3c4sc(-c5ccc(C=O)cc5)c(CCCCCCCC)c4C(=O)C3C=C12. The molecule has 2 unspecified atom stereocenters. The zero-order chi connectivity index (χ0) is 43.3. The monoisotopic (exact) mass is 867 g/mol. The number of hydrogen-bond donors (Lipinski definition) is 0. The molecule has 63 heavy (non-hydrogen) atoms. The number of rotatable bonds is 20. The summed E-state index contributed by atoms with van der Waals surface area (Å²) in [5, 5.41) is 0. The Hall–Kier alpha value is -5.43. The fourth-order valence-electron chi connectivity index (χ4n) is 9.99. The third-order valence-corrected chi connectivity index (χ3v) is 16.0. The average molecular weight is 868 g/mol. The molecular formula is C57H57NO3S2. The van der Waals surface area contributed by atoms with Crippen LogP contribution >= 0.6 is 22.7 Å². The lowest BCUT2D eigenvalue weighted by Gasteiger charge is -2.25. The van der Waals surface area contributed by atoms with Gasteiger partial charge in [-0.2, -0.15) is 0 Å². The van der Waals surface area contributed by atoms with Crippen molar-refractivity contribution in [3.8, 4) is 20.9 Å². The Bertz CT molecular complexity index is 2610. The maximum Gasteiger partial charge on any atom is 0.195 e. The maximum absolute atomic E-state index is 14.9. The van der Waals surface area contributed by atoms with E-state index in [1.54, 1.807) is 22.7 Å². The van der Waals surface area contributed by atoms with E-state index in [0.717, 1.165) is 121 Å². The number of hydrogen-bond acceptors (Lipinski definition) is 6. The minimum absolute atomic E-state index is 0.114. The molecule has 0 saturated carbocycles. The van der Waals surface area contributed by atoms with Gasteiger partial charge in [0.1, 0.15) is 6.29 Å². The van der Waals surface area contributed by atoms with E-state index in [1.165, 1.54) is 56.2 Å². The van der Waals surface area contributed by atoms with Crippen LogP contribution in [0.25, 0.3) is 26.5 Å². The number of nitrogens with zero attached hydrogens (tertiary/aromatic N) is 1. The van der Waals surface area contributed by atoms with Crippen molar-refractivity contribution in [3.05, 3.63) is 164 Å². The molecule has 2 atom stereocenters. The summed E-state index contributed by atoms with van der Waals surface area (Å²) in [6.45, 7) is 4.50. The zero-order valence-electron chi connectivity index (χ0n) is 36.7. The van der Waals surface area contributed by atoms with Gasteiger partial charge in [-0.3, -0.25) is 14.4 Å². The van der Waals surface area contributed by atoms with Gasteiger partial charge in [0.05, 0.1) is 5.92 Å². The molecule has 4 nitrogen and oxygen atoms in total. The van der Waals surface area contributed by atoms with Gasteiger partial charge in [-0.15, -0.1) is 22.7 Å². The number of carbonyl (C=O) groups is 3. The normalized spacial score (nSPS) is 16.0. The first-order valence-electron chi connectivity index (χ1n) is 23.4. The molecule has 6 aromatic rings. The Morgan fingerprint density at radius 2 is 1.00 bits per heavy atom. The molecule has 0 fully saturated rings. The highest BCUT2D eigenvalue weighted by Crippen LogP contribution is 2.57. The largest absolute Gasteiger partial charge is 0.311 e. The highest BCUT2D eigenvalue weighted by Gasteiger charge is 2.47. The summed E-state index contributed by atoms with van der Waals surface area (Å²) in [4.78, 5) is 47.9. The van der Waals surface area contributed by atoms with E-state index in [2.05, 4.69) is 104 Å². The van der Waals surface area contributed by atoms with Crippen molar-refractivity contribution >= 4 is 63.2 Å². The van der Waals surface area contributed by atoms with Gasteiger partial charge in [0.25, 0.3) is 0 Å². The van der Waals surface area contributed by atoms with Crippen LogP contribution in [-0.2, 0) is 12.8 Å². The van der Waals surface area contributed by atoms with Gasteiger partial charge in [0, 0.05) is 70.3 Å². The van der Waals surface area contributed by atoms with E-state index in [-0.39, 0.29) is 23.4 Å². The van der Waals surface area contributed by atoms with Gasteiger partial charge in [-0.1, -0.05) is 163 Å². The van der Waals surface area contributed by atoms with Crippen LogP contribution in [0.3, 0.4) is 0 Å². The summed E-state index contributed by atoms with van der Waals surface area (Å²) < 4.78 is 0. The number of unbranched alkanes of at least 4 members (excludes halogenated alkanes) is 10. The predicted molar refractivity (Wildman–Crippen MR) is 265 cm³/mol. The minimum atomic E-state index is -0.313. The topological polar surface area (TPSA) is 54.5 Å². The molecule has 0 N–H and O–H groups in total. The first-order chi connectivity index (χ1) is 31.0. The van der Waals surface area contributed by atoms with E-state index in [1.807, 2.05) is 36.4 Å². The van der Waals surface area contributed by atoms with Crippen LogP contribution in [0.4, 0.5) is 17.1 Å². The Labute approximate surface area is 381 Å². The summed E-state index contributed by atoms with van der Waals surface area (Å²) >= 11 is 3.46. The van der Waals surface area contributed by atoms with Gasteiger partial charge in [-0.25, -0.2) is 0 Å². The molecule has 3 aliphatic rings. The van der Waals surface area contributed by atoms with Crippen molar-refractivity contribution in [1.29, 1.82) is 0 Å². The number of aldehydes is 1. The first kappa shape index (κ1) is 42.9. The Morgan fingerprint density at radius 1 is 0.508 bits per heavy atom. The number of para-hydroxylation sites is 2. The number of Topliss-reactive ketones (excluding diaryl/α,β-unsaturated/α-hetero) is 2. The lowest BCUT2D eigenvalue weighted by atomic mass is 9.84. The van der Waals surface area contributed by atoms with E-state index in [4.69, 9.17) is 0 Å². The number of benzene rings is 4. The highest BCUT2D eigenvalue weighted by molar-refractivity contribution is 7.17. The van der Waals surface area contributed by atoms with E-state index < -0.39 is 0 Å². The van der Waals surface area contributed by atoms with Crippen LogP contribution in [0.2, 0.25) is 0 Å². The molecule has 0 radical (unpaired) electrons. The quantitative estimate of drug-likeness (QED) is 0.0567. The van der Waals surface area contributed by atoms with Gasteiger partial charge in [-0.05, 0) is 84.3 Å². The van der Waals surface area contributed by atoms with Crippen LogP contribution in [0.5, 0.6) is 0 Å². The molecule has 0 spiro atoms. The van der Waals surface area contributed by atoms with Crippen molar-refractivity contribution in [2.45, 2.75) is 110 Å². The fraction of sp³-hybridized carbons (Fsp3) is 0.316. The molecule has 3 aliphatic carbocycles. The standard InChI is InChI=1S/C57H57NO3S2/c1-3-5-7-9-11-19-25-44-50-52(60)46-36-49-47(35-48(46)56(50)62-54(44)39-29-27-38(37-59)28-30-39)53(61)51-45(26-20-12-10-8-6-4-2)55(63-57(49)51)40-31-33-43(34-32-40)58(41-21-15-13-16-22-41)42-23-17-14-18-24-42/h13-18,21-24,27-37,46,48H,3-12,19-20,25-26H2,1-2H3. The number of ketones is 2.